The van der Waals surface area contributed by atoms with Crippen molar-refractivity contribution in [1.29, 1.82) is 0 Å². The third-order valence-electron chi connectivity index (χ3n) is 3.40. The van der Waals surface area contributed by atoms with Gasteiger partial charge in [0.05, 0.1) is 6.61 Å². The molecule has 1 aromatic heterocycles. The van der Waals surface area contributed by atoms with Gasteiger partial charge in [-0.05, 0) is 12.1 Å². The molecule has 2 unspecified atom stereocenters. The molecule has 4 N–H and O–H groups in total. The minimum absolute atomic E-state index is 0.132. The van der Waals surface area contributed by atoms with Crippen molar-refractivity contribution in [2.24, 2.45) is 5.73 Å². The fourth-order valence-corrected chi connectivity index (χ4v) is 2.41. The Morgan fingerprint density at radius 2 is 2.06 bits per heavy atom. The van der Waals surface area contributed by atoms with Crippen LogP contribution < -0.4 is 16.2 Å². The average molecular weight is 241 g/mol. The van der Waals surface area contributed by atoms with Crippen LogP contribution in [0.2, 0.25) is 0 Å². The Morgan fingerprint density at radius 1 is 1.22 bits per heavy atom. The van der Waals surface area contributed by atoms with Gasteiger partial charge < -0.3 is 16.2 Å². The zero-order valence-corrected chi connectivity index (χ0v) is 9.91. The summed E-state index contributed by atoms with van der Waals surface area (Å²) in [5.41, 5.74) is 14.2. The van der Waals surface area contributed by atoms with E-state index in [1.807, 2.05) is 30.3 Å². The van der Waals surface area contributed by atoms with Gasteiger partial charge in [0.1, 0.15) is 11.6 Å². The molecule has 0 spiro atoms. The molecule has 0 aliphatic carbocycles. The lowest BCUT2D eigenvalue weighted by Gasteiger charge is -2.19. The van der Waals surface area contributed by atoms with Crippen molar-refractivity contribution in [2.45, 2.75) is 12.0 Å². The lowest BCUT2D eigenvalue weighted by molar-refractivity contribution is 0.315. The number of aromatic nitrogens is 1. The van der Waals surface area contributed by atoms with Gasteiger partial charge in [0.15, 0.2) is 0 Å². The van der Waals surface area contributed by atoms with Crippen LogP contribution in [0.4, 0.5) is 5.82 Å². The molecule has 2 aromatic rings. The number of anilines is 1. The fourth-order valence-electron chi connectivity index (χ4n) is 2.41. The van der Waals surface area contributed by atoms with E-state index in [0.717, 1.165) is 16.9 Å². The van der Waals surface area contributed by atoms with Crippen LogP contribution in [0.25, 0.3) is 0 Å². The van der Waals surface area contributed by atoms with Crippen molar-refractivity contribution in [3.05, 3.63) is 53.7 Å². The summed E-state index contributed by atoms with van der Waals surface area (Å²) in [6.07, 6.45) is 1.67. The number of para-hydroxylation sites is 1. The van der Waals surface area contributed by atoms with Crippen molar-refractivity contribution in [3.63, 3.8) is 0 Å². The number of ether oxygens (including phenoxy) is 1. The molecule has 92 valence electrons. The van der Waals surface area contributed by atoms with Gasteiger partial charge >= 0.3 is 0 Å². The molecule has 1 aromatic carbocycles. The maximum absolute atomic E-state index is 6.32. The third-order valence-corrected chi connectivity index (χ3v) is 3.40. The highest BCUT2D eigenvalue weighted by atomic mass is 16.5. The second-order valence-corrected chi connectivity index (χ2v) is 4.46. The Bertz CT molecular complexity index is 570. The number of hydrogen-bond acceptors (Lipinski definition) is 4. The Balaban J connectivity index is 1.96. The van der Waals surface area contributed by atoms with Crippen LogP contribution in [0.5, 0.6) is 5.75 Å². The molecule has 0 saturated heterocycles. The van der Waals surface area contributed by atoms with Crippen LogP contribution in [0.1, 0.15) is 23.1 Å². The molecule has 4 heteroatoms. The zero-order chi connectivity index (χ0) is 12.5. The third kappa shape index (κ3) is 1.71. The van der Waals surface area contributed by atoms with E-state index in [4.69, 9.17) is 16.2 Å². The van der Waals surface area contributed by atoms with Crippen LogP contribution in [0.3, 0.4) is 0 Å². The highest BCUT2D eigenvalue weighted by Gasteiger charge is 2.30. The van der Waals surface area contributed by atoms with Gasteiger partial charge in [0.25, 0.3) is 0 Å². The van der Waals surface area contributed by atoms with Crippen LogP contribution >= 0.6 is 0 Å². The predicted molar refractivity (Wildman–Crippen MR) is 70.3 cm³/mol. The van der Waals surface area contributed by atoms with Crippen molar-refractivity contribution in [1.82, 2.24) is 4.98 Å². The number of nitrogens with two attached hydrogens (primary N) is 2. The number of benzene rings is 1. The molecule has 1 aliphatic heterocycles. The largest absolute Gasteiger partial charge is 0.493 e. The smallest absolute Gasteiger partial charge is 0.128 e. The first-order valence-corrected chi connectivity index (χ1v) is 5.95. The Kier molecular flexibility index (Phi) is 2.64. The number of nitrogen functional groups attached to an aromatic ring is 1. The normalized spacial score (nSPS) is 19.1. The van der Waals surface area contributed by atoms with Crippen LogP contribution in [-0.4, -0.2) is 11.6 Å². The average Bonchev–Trinajstić information content (AvgIpc) is 2.82. The molecule has 0 saturated carbocycles. The SMILES string of the molecule is Nc1ncccc1C(N)C1COc2ccccc21. The predicted octanol–water partition coefficient (Wildman–Crippen LogP) is 1.84. The van der Waals surface area contributed by atoms with Gasteiger partial charge in [0.2, 0.25) is 0 Å². The van der Waals surface area contributed by atoms with Crippen LogP contribution in [0.15, 0.2) is 42.6 Å². The number of fused-ring (bicyclic) bond motifs is 1. The van der Waals surface area contributed by atoms with Gasteiger partial charge in [0, 0.05) is 29.3 Å². The zero-order valence-electron chi connectivity index (χ0n) is 9.91. The lowest BCUT2D eigenvalue weighted by atomic mass is 9.89. The number of rotatable bonds is 2. The van der Waals surface area contributed by atoms with E-state index in [9.17, 15) is 0 Å². The maximum Gasteiger partial charge on any atom is 0.128 e. The molecule has 2 atom stereocenters. The van der Waals surface area contributed by atoms with Crippen molar-refractivity contribution in [3.8, 4) is 5.75 Å². The van der Waals surface area contributed by atoms with E-state index in [2.05, 4.69) is 11.1 Å². The molecule has 0 radical (unpaired) electrons. The summed E-state index contributed by atoms with van der Waals surface area (Å²) in [4.78, 5) is 4.08. The summed E-state index contributed by atoms with van der Waals surface area (Å²) in [6.45, 7) is 0.592. The van der Waals surface area contributed by atoms with Gasteiger partial charge in [-0.3, -0.25) is 0 Å². The van der Waals surface area contributed by atoms with Gasteiger partial charge in [-0.25, -0.2) is 4.98 Å². The van der Waals surface area contributed by atoms with Gasteiger partial charge in [-0.1, -0.05) is 24.3 Å². The Morgan fingerprint density at radius 3 is 2.89 bits per heavy atom. The molecule has 18 heavy (non-hydrogen) atoms. The molecule has 1 aliphatic rings. The van der Waals surface area contributed by atoms with Crippen LogP contribution in [-0.2, 0) is 0 Å². The maximum atomic E-state index is 6.32. The summed E-state index contributed by atoms with van der Waals surface area (Å²) >= 11 is 0. The minimum Gasteiger partial charge on any atom is -0.493 e. The number of nitrogens with zero attached hydrogens (tertiary/aromatic N) is 1. The molecule has 2 heterocycles. The van der Waals surface area contributed by atoms with Gasteiger partial charge in [-0.2, -0.15) is 0 Å². The summed E-state index contributed by atoms with van der Waals surface area (Å²) in [7, 11) is 0. The quantitative estimate of drug-likeness (QED) is 0.841. The standard InChI is InChI=1S/C14H15N3O/c15-13(10-5-3-7-17-14(10)16)11-8-18-12-6-2-1-4-9(11)12/h1-7,11,13H,8,15H2,(H2,16,17). The summed E-state index contributed by atoms with van der Waals surface area (Å²) in [5, 5.41) is 0. The highest BCUT2D eigenvalue weighted by molar-refractivity contribution is 5.46. The summed E-state index contributed by atoms with van der Waals surface area (Å²) < 4.78 is 5.65. The van der Waals surface area contributed by atoms with E-state index in [0.29, 0.717) is 12.4 Å². The second-order valence-electron chi connectivity index (χ2n) is 4.46. The van der Waals surface area contributed by atoms with E-state index in [1.54, 1.807) is 6.20 Å². The monoisotopic (exact) mass is 241 g/mol. The first-order chi connectivity index (χ1) is 8.77. The van der Waals surface area contributed by atoms with E-state index >= 15 is 0 Å². The van der Waals surface area contributed by atoms with Crippen molar-refractivity contribution in [2.75, 3.05) is 12.3 Å². The summed E-state index contributed by atoms with van der Waals surface area (Å²) in [5.74, 6) is 1.54. The highest BCUT2D eigenvalue weighted by Crippen LogP contribution is 2.40. The van der Waals surface area contributed by atoms with Crippen molar-refractivity contribution < 1.29 is 4.74 Å². The number of hydrogen-bond donors (Lipinski definition) is 2. The molecular formula is C14H15N3O. The minimum atomic E-state index is -0.192. The number of pyridine rings is 1. The molecule has 0 amide bonds. The first-order valence-electron chi connectivity index (χ1n) is 5.95. The van der Waals surface area contributed by atoms with E-state index in [1.165, 1.54) is 0 Å². The molecule has 4 nitrogen and oxygen atoms in total. The summed E-state index contributed by atoms with van der Waals surface area (Å²) in [6, 6.07) is 11.6. The molecule has 3 rings (SSSR count). The van der Waals surface area contributed by atoms with Crippen LogP contribution in [0, 0.1) is 0 Å². The van der Waals surface area contributed by atoms with E-state index in [-0.39, 0.29) is 12.0 Å². The lowest BCUT2D eigenvalue weighted by Crippen LogP contribution is -2.22. The van der Waals surface area contributed by atoms with Crippen molar-refractivity contribution >= 4 is 5.82 Å². The van der Waals surface area contributed by atoms with E-state index < -0.39 is 0 Å². The second kappa shape index (κ2) is 4.31. The molecular weight excluding hydrogens is 226 g/mol. The Hall–Kier alpha value is -2.07. The Labute approximate surface area is 106 Å². The molecule has 0 fully saturated rings. The molecule has 0 bridgehead atoms. The van der Waals surface area contributed by atoms with Gasteiger partial charge in [-0.15, -0.1) is 0 Å². The first kappa shape index (κ1) is 11.0. The fraction of sp³-hybridized carbons (Fsp3) is 0.214. The topological polar surface area (TPSA) is 74.2 Å².